The molecule has 2 heterocycles. The monoisotopic (exact) mass is 812 g/mol. The summed E-state index contributed by atoms with van der Waals surface area (Å²) < 4.78 is 0. The normalized spacial score (nSPS) is 13.9. The van der Waals surface area contributed by atoms with Gasteiger partial charge >= 0.3 is 0 Å². The van der Waals surface area contributed by atoms with Crippen LogP contribution in [-0.4, -0.2) is 10.1 Å². The first-order chi connectivity index (χ1) is 28.8. The summed E-state index contributed by atoms with van der Waals surface area (Å²) in [5.41, 5.74) is 12.0. The van der Waals surface area contributed by atoms with E-state index in [0.717, 1.165) is 63.2 Å². The molecule has 6 aromatic rings. The van der Waals surface area contributed by atoms with Crippen molar-refractivity contribution in [3.8, 4) is 22.3 Å². The number of aliphatic imine (C=N–C) groups is 2. The zero-order valence-corrected chi connectivity index (χ0v) is 37.4. The third-order valence-electron chi connectivity index (χ3n) is 12.1. The van der Waals surface area contributed by atoms with Crippen LogP contribution in [0.15, 0.2) is 141 Å². The molecule has 0 aliphatic carbocycles. The number of aryl methyl sites for hydroxylation is 2. The van der Waals surface area contributed by atoms with Crippen LogP contribution >= 0.6 is 23.5 Å². The molecule has 8 rings (SSSR count). The standard InChI is InChI=1S/C55H60N2S2/c1-37(2)17-10-6-7-11-20-40-27-31-42(32-28-40)46-35-48-51-50-49(59-54(56-52(46)50)44-21-12-8-13-22-44)36-47(53(51)57-55(58-48)45-23-14-9-15-24-45)43-33-29-41(30-34-43)26-25-39(5)19-16-18-38(3)4/h8-9,12-15,21-24,27-39H,6-7,10-11,16-20,25-26H2,1-5H3. The summed E-state index contributed by atoms with van der Waals surface area (Å²) in [6, 6.07) is 45.0. The molecule has 302 valence electrons. The van der Waals surface area contributed by atoms with E-state index in [1.165, 1.54) is 112 Å². The van der Waals surface area contributed by atoms with Gasteiger partial charge in [0.25, 0.3) is 0 Å². The molecule has 0 spiro atoms. The first-order valence-electron chi connectivity index (χ1n) is 22.3. The smallest absolute Gasteiger partial charge is 0.109 e. The Labute approximate surface area is 362 Å². The van der Waals surface area contributed by atoms with Crippen molar-refractivity contribution in [3.05, 3.63) is 144 Å². The zero-order valence-electron chi connectivity index (χ0n) is 35.8. The van der Waals surface area contributed by atoms with Crippen molar-refractivity contribution in [2.75, 3.05) is 0 Å². The van der Waals surface area contributed by atoms with Crippen LogP contribution in [0.3, 0.4) is 0 Å². The van der Waals surface area contributed by atoms with Gasteiger partial charge in [0.2, 0.25) is 0 Å². The SMILES string of the molecule is CC(C)CCCCCCc1ccc(-c2cc3c4c(c(-c5ccc(CCC(C)CCCC(C)C)cc5)cc5c4c2N=C(c2ccccc2)S5)N=C(c2ccccc2)S3)cc1. The lowest BCUT2D eigenvalue weighted by Gasteiger charge is -2.27. The lowest BCUT2D eigenvalue weighted by atomic mass is 9.91. The Morgan fingerprint density at radius 2 is 0.881 bits per heavy atom. The van der Waals surface area contributed by atoms with Gasteiger partial charge in [-0.1, -0.05) is 212 Å². The van der Waals surface area contributed by atoms with Crippen molar-refractivity contribution in [1.29, 1.82) is 0 Å². The maximum atomic E-state index is 5.54. The second kappa shape index (κ2) is 19.3. The van der Waals surface area contributed by atoms with Crippen LogP contribution in [0.2, 0.25) is 0 Å². The highest BCUT2D eigenvalue weighted by Crippen LogP contribution is 2.57. The summed E-state index contributed by atoms with van der Waals surface area (Å²) in [5, 5.41) is 4.52. The molecule has 59 heavy (non-hydrogen) atoms. The summed E-state index contributed by atoms with van der Waals surface area (Å²) in [6.45, 7) is 11.7. The maximum Gasteiger partial charge on any atom is 0.109 e. The molecule has 6 aromatic carbocycles. The minimum Gasteiger partial charge on any atom is -0.240 e. The Morgan fingerprint density at radius 3 is 1.37 bits per heavy atom. The van der Waals surface area contributed by atoms with E-state index in [1.807, 2.05) is 0 Å². The molecule has 0 radical (unpaired) electrons. The lowest BCUT2D eigenvalue weighted by Crippen LogP contribution is -2.05. The van der Waals surface area contributed by atoms with Crippen molar-refractivity contribution in [3.63, 3.8) is 0 Å². The molecule has 2 aliphatic rings. The van der Waals surface area contributed by atoms with Gasteiger partial charge in [-0.3, -0.25) is 0 Å². The molecule has 0 fully saturated rings. The fourth-order valence-electron chi connectivity index (χ4n) is 8.60. The van der Waals surface area contributed by atoms with E-state index in [-0.39, 0.29) is 0 Å². The number of nitrogens with zero attached hydrogens (tertiary/aromatic N) is 2. The molecule has 0 saturated heterocycles. The van der Waals surface area contributed by atoms with E-state index in [0.29, 0.717) is 0 Å². The topological polar surface area (TPSA) is 24.7 Å². The average Bonchev–Trinajstić information content (AvgIpc) is 3.26. The summed E-state index contributed by atoms with van der Waals surface area (Å²) in [5.74, 6) is 2.34. The Bertz CT molecular complexity index is 2410. The highest BCUT2D eigenvalue weighted by Gasteiger charge is 2.30. The molecule has 0 saturated carbocycles. The Morgan fingerprint density at radius 1 is 0.424 bits per heavy atom. The van der Waals surface area contributed by atoms with E-state index in [2.05, 4.69) is 156 Å². The number of hydrogen-bond donors (Lipinski definition) is 0. The first-order valence-corrected chi connectivity index (χ1v) is 23.9. The molecule has 0 bridgehead atoms. The summed E-state index contributed by atoms with van der Waals surface area (Å²) in [6.07, 6.45) is 14.0. The zero-order chi connectivity index (χ0) is 40.7. The Kier molecular flexibility index (Phi) is 13.6. The van der Waals surface area contributed by atoms with Crippen LogP contribution < -0.4 is 0 Å². The second-order valence-electron chi connectivity index (χ2n) is 17.8. The van der Waals surface area contributed by atoms with Crippen molar-refractivity contribution >= 4 is 55.8 Å². The van der Waals surface area contributed by atoms with Crippen molar-refractivity contribution < 1.29 is 0 Å². The quantitative estimate of drug-likeness (QED) is 0.0808. The van der Waals surface area contributed by atoms with Gasteiger partial charge < -0.3 is 0 Å². The fourth-order valence-corrected chi connectivity index (χ4v) is 10.8. The maximum absolute atomic E-state index is 5.54. The molecule has 0 N–H and O–H groups in total. The predicted octanol–water partition coefficient (Wildman–Crippen LogP) is 17.1. The highest BCUT2D eigenvalue weighted by atomic mass is 32.2. The van der Waals surface area contributed by atoms with Crippen LogP contribution in [-0.2, 0) is 12.8 Å². The third-order valence-corrected chi connectivity index (χ3v) is 14.2. The average molecular weight is 813 g/mol. The van der Waals surface area contributed by atoms with Crippen LogP contribution in [0.25, 0.3) is 33.0 Å². The van der Waals surface area contributed by atoms with E-state index in [9.17, 15) is 0 Å². The van der Waals surface area contributed by atoms with E-state index in [1.54, 1.807) is 23.5 Å². The highest BCUT2D eigenvalue weighted by molar-refractivity contribution is 8.15. The number of thioether (sulfide) groups is 2. The van der Waals surface area contributed by atoms with Crippen LogP contribution in [0.5, 0.6) is 0 Å². The van der Waals surface area contributed by atoms with Gasteiger partial charge in [-0.2, -0.15) is 0 Å². The van der Waals surface area contributed by atoms with Gasteiger partial charge in [-0.15, -0.1) is 0 Å². The van der Waals surface area contributed by atoms with E-state index < -0.39 is 0 Å². The van der Waals surface area contributed by atoms with Gasteiger partial charge in [0.05, 0.1) is 11.4 Å². The molecule has 1 unspecified atom stereocenters. The largest absolute Gasteiger partial charge is 0.240 e. The molecule has 2 aliphatic heterocycles. The minimum atomic E-state index is 0.747. The number of unbranched alkanes of at least 4 members (excludes halogenated alkanes) is 3. The van der Waals surface area contributed by atoms with Crippen molar-refractivity contribution in [1.82, 2.24) is 0 Å². The molecular formula is C55H60N2S2. The van der Waals surface area contributed by atoms with Crippen molar-refractivity contribution in [2.24, 2.45) is 27.7 Å². The molecule has 0 amide bonds. The molecule has 2 nitrogen and oxygen atoms in total. The first kappa shape index (κ1) is 41.4. The Balaban J connectivity index is 1.18. The predicted molar refractivity (Wildman–Crippen MR) is 260 cm³/mol. The molecule has 4 heteroatoms. The lowest BCUT2D eigenvalue weighted by molar-refractivity contribution is 0.437. The van der Waals surface area contributed by atoms with E-state index >= 15 is 0 Å². The molecule has 1 atom stereocenters. The van der Waals surface area contributed by atoms with Crippen LogP contribution in [0.1, 0.15) is 115 Å². The van der Waals surface area contributed by atoms with Crippen molar-refractivity contribution in [2.45, 2.75) is 115 Å². The number of hydrogen-bond acceptors (Lipinski definition) is 4. The van der Waals surface area contributed by atoms with Gasteiger partial charge in [0.1, 0.15) is 10.1 Å². The number of rotatable bonds is 18. The number of benzene rings is 6. The Hall–Kier alpha value is -4.38. The minimum absolute atomic E-state index is 0.747. The van der Waals surface area contributed by atoms with E-state index in [4.69, 9.17) is 9.98 Å². The van der Waals surface area contributed by atoms with Gasteiger partial charge in [-0.05, 0) is 77.8 Å². The van der Waals surface area contributed by atoms with Gasteiger partial charge in [0, 0.05) is 42.8 Å². The second-order valence-corrected chi connectivity index (χ2v) is 19.8. The summed E-state index contributed by atoms with van der Waals surface area (Å²) in [4.78, 5) is 13.6. The fraction of sp³-hybridized carbons (Fsp3) is 0.345. The molecule has 0 aromatic heterocycles. The van der Waals surface area contributed by atoms with Gasteiger partial charge in [0.15, 0.2) is 0 Å². The summed E-state index contributed by atoms with van der Waals surface area (Å²) >= 11 is 3.60. The third kappa shape index (κ3) is 9.99. The van der Waals surface area contributed by atoms with Gasteiger partial charge in [-0.25, -0.2) is 9.98 Å². The van der Waals surface area contributed by atoms with Crippen LogP contribution in [0.4, 0.5) is 11.4 Å². The van der Waals surface area contributed by atoms with Crippen LogP contribution in [0, 0.1) is 17.8 Å². The molecular weight excluding hydrogens is 753 g/mol. The summed E-state index contributed by atoms with van der Waals surface area (Å²) in [7, 11) is 0.